The zero-order valence-electron chi connectivity index (χ0n) is 20.8. The van der Waals surface area contributed by atoms with Crippen LogP contribution in [0.25, 0.3) is 28.1 Å². The maximum Gasteiger partial charge on any atom is 0.326 e. The number of ether oxygens (including phenoxy) is 1. The molecule has 1 N–H and O–H groups in total. The monoisotopic (exact) mass is 496 g/mol. The second-order valence-corrected chi connectivity index (χ2v) is 9.37. The standard InChI is InChI=1S/C28H28N6O3/c1-31-15-5-8-24(31)23-18-26(34(30-23)20-9-11-21(37-2)12-10-20)27(35)32-16-13-19(14-17-32)33-25-7-4-3-6-22(25)29-28(33)36/h3-12,15,18-19H,13-14,16-17H2,1-2H3,(H,29,36). The Morgan fingerprint density at radius 1 is 1.03 bits per heavy atom. The van der Waals surface area contributed by atoms with Crippen LogP contribution in [0.2, 0.25) is 0 Å². The van der Waals surface area contributed by atoms with Gasteiger partial charge >= 0.3 is 5.69 Å². The van der Waals surface area contributed by atoms with Gasteiger partial charge in [-0.1, -0.05) is 12.1 Å². The fourth-order valence-corrected chi connectivity index (χ4v) is 5.23. The Kier molecular flexibility index (Phi) is 5.67. The van der Waals surface area contributed by atoms with E-state index in [-0.39, 0.29) is 17.6 Å². The van der Waals surface area contributed by atoms with Gasteiger partial charge in [-0.25, -0.2) is 9.48 Å². The van der Waals surface area contributed by atoms with Gasteiger partial charge in [0.05, 0.1) is 29.5 Å². The molecular weight excluding hydrogens is 468 g/mol. The summed E-state index contributed by atoms with van der Waals surface area (Å²) >= 11 is 0. The maximum atomic E-state index is 13.8. The van der Waals surface area contributed by atoms with E-state index >= 15 is 0 Å². The molecule has 0 aliphatic carbocycles. The number of nitrogens with one attached hydrogen (secondary N) is 1. The largest absolute Gasteiger partial charge is 0.497 e. The van der Waals surface area contributed by atoms with Gasteiger partial charge in [-0.05, 0) is 67.4 Å². The van der Waals surface area contributed by atoms with Crippen molar-refractivity contribution in [3.8, 4) is 22.8 Å². The molecule has 4 heterocycles. The average Bonchev–Trinajstić information content (AvgIpc) is 3.64. The topological polar surface area (TPSA) is 90.1 Å². The van der Waals surface area contributed by atoms with Crippen LogP contribution >= 0.6 is 0 Å². The Morgan fingerprint density at radius 3 is 2.49 bits per heavy atom. The lowest BCUT2D eigenvalue weighted by atomic mass is 10.0. The third kappa shape index (κ3) is 4.02. The summed E-state index contributed by atoms with van der Waals surface area (Å²) < 4.78 is 10.8. The third-order valence-electron chi connectivity index (χ3n) is 7.19. The first kappa shape index (κ1) is 22.9. The summed E-state index contributed by atoms with van der Waals surface area (Å²) in [6, 6.07) is 21.1. The van der Waals surface area contributed by atoms with Gasteiger partial charge in [-0.3, -0.25) is 9.36 Å². The predicted molar refractivity (Wildman–Crippen MR) is 141 cm³/mol. The van der Waals surface area contributed by atoms with Crippen LogP contribution < -0.4 is 10.4 Å². The number of benzene rings is 2. The SMILES string of the molecule is COc1ccc(-n2nc(-c3cccn3C)cc2C(=O)N2CCC(n3c(=O)[nH]c4ccccc43)CC2)cc1. The molecule has 1 aliphatic heterocycles. The number of carbonyl (C=O) groups is 1. The van der Waals surface area contributed by atoms with Crippen molar-refractivity contribution in [2.24, 2.45) is 7.05 Å². The summed E-state index contributed by atoms with van der Waals surface area (Å²) in [5.74, 6) is 0.662. The molecule has 1 saturated heterocycles. The van der Waals surface area contributed by atoms with Crippen molar-refractivity contribution in [2.45, 2.75) is 18.9 Å². The zero-order chi connectivity index (χ0) is 25.5. The number of H-pyrrole nitrogens is 1. The van der Waals surface area contributed by atoms with E-state index in [9.17, 15) is 9.59 Å². The van der Waals surface area contributed by atoms with Crippen LogP contribution in [0.5, 0.6) is 5.75 Å². The van der Waals surface area contributed by atoms with Crippen molar-refractivity contribution in [1.82, 2.24) is 28.8 Å². The number of fused-ring (bicyclic) bond motifs is 1. The second-order valence-electron chi connectivity index (χ2n) is 9.37. The predicted octanol–water partition coefficient (Wildman–Crippen LogP) is 4.01. The highest BCUT2D eigenvalue weighted by Gasteiger charge is 2.29. The fraction of sp³-hybridized carbons (Fsp3) is 0.250. The molecule has 5 aromatic rings. The minimum atomic E-state index is -0.101. The van der Waals surface area contributed by atoms with Crippen LogP contribution in [0, 0.1) is 0 Å². The van der Waals surface area contributed by atoms with Gasteiger partial charge in [0.25, 0.3) is 5.91 Å². The van der Waals surface area contributed by atoms with E-state index in [0.717, 1.165) is 33.9 Å². The first-order valence-electron chi connectivity index (χ1n) is 12.4. The van der Waals surface area contributed by atoms with E-state index < -0.39 is 0 Å². The van der Waals surface area contributed by atoms with Crippen molar-refractivity contribution in [3.05, 3.63) is 89.1 Å². The number of hydrogen-bond acceptors (Lipinski definition) is 4. The first-order chi connectivity index (χ1) is 18.0. The smallest absolute Gasteiger partial charge is 0.326 e. The number of nitrogens with zero attached hydrogens (tertiary/aromatic N) is 5. The minimum Gasteiger partial charge on any atom is -0.497 e. The summed E-state index contributed by atoms with van der Waals surface area (Å²) in [6.07, 6.45) is 3.37. The Labute approximate surface area is 213 Å². The van der Waals surface area contributed by atoms with Crippen LogP contribution in [0.15, 0.2) is 77.7 Å². The summed E-state index contributed by atoms with van der Waals surface area (Å²) in [4.78, 5) is 31.3. The van der Waals surface area contributed by atoms with Gasteiger partial charge in [0.15, 0.2) is 0 Å². The van der Waals surface area contributed by atoms with Gasteiger partial charge in [-0.15, -0.1) is 0 Å². The Hall–Kier alpha value is -4.53. The molecule has 0 atom stereocenters. The van der Waals surface area contributed by atoms with E-state index in [2.05, 4.69) is 4.98 Å². The molecule has 9 nitrogen and oxygen atoms in total. The number of imidazole rings is 1. The van der Waals surface area contributed by atoms with Crippen LogP contribution in [0.3, 0.4) is 0 Å². The molecule has 0 saturated carbocycles. The molecule has 6 rings (SSSR count). The van der Waals surface area contributed by atoms with Crippen molar-refractivity contribution < 1.29 is 9.53 Å². The van der Waals surface area contributed by atoms with E-state index in [1.165, 1.54) is 0 Å². The molecule has 1 amide bonds. The molecule has 37 heavy (non-hydrogen) atoms. The molecule has 3 aromatic heterocycles. The lowest BCUT2D eigenvalue weighted by Crippen LogP contribution is -2.41. The Morgan fingerprint density at radius 2 is 1.78 bits per heavy atom. The number of rotatable bonds is 5. The maximum absolute atomic E-state index is 13.8. The number of hydrogen-bond donors (Lipinski definition) is 1. The summed E-state index contributed by atoms with van der Waals surface area (Å²) in [5.41, 5.74) is 4.58. The summed E-state index contributed by atoms with van der Waals surface area (Å²) in [5, 5.41) is 4.81. The first-order valence-corrected chi connectivity index (χ1v) is 12.4. The van der Waals surface area contributed by atoms with Crippen LogP contribution in [0.1, 0.15) is 29.4 Å². The molecule has 0 radical (unpaired) electrons. The van der Waals surface area contributed by atoms with Crippen molar-refractivity contribution in [1.29, 1.82) is 0 Å². The van der Waals surface area contributed by atoms with Crippen molar-refractivity contribution in [2.75, 3.05) is 20.2 Å². The van der Waals surface area contributed by atoms with Crippen LogP contribution in [0.4, 0.5) is 0 Å². The molecule has 0 spiro atoms. The molecule has 1 aliphatic rings. The van der Waals surface area contributed by atoms with Crippen LogP contribution in [-0.2, 0) is 7.05 Å². The second kappa shape index (κ2) is 9.16. The van der Waals surface area contributed by atoms with Crippen molar-refractivity contribution in [3.63, 3.8) is 0 Å². The highest BCUT2D eigenvalue weighted by Crippen LogP contribution is 2.28. The van der Waals surface area contributed by atoms with Gasteiger partial charge in [-0.2, -0.15) is 5.10 Å². The lowest BCUT2D eigenvalue weighted by molar-refractivity contribution is 0.0685. The van der Waals surface area contributed by atoms with Gasteiger partial charge in [0, 0.05) is 32.4 Å². The minimum absolute atomic E-state index is 0.0399. The average molecular weight is 497 g/mol. The van der Waals surface area contributed by atoms with Crippen molar-refractivity contribution >= 4 is 16.9 Å². The molecule has 0 bridgehead atoms. The molecular formula is C28H28N6O3. The number of likely N-dealkylation sites (tertiary alicyclic amines) is 1. The Bertz CT molecular complexity index is 1630. The number of carbonyl (C=O) groups excluding carboxylic acids is 1. The number of aromatic nitrogens is 5. The zero-order valence-corrected chi connectivity index (χ0v) is 20.8. The summed E-state index contributed by atoms with van der Waals surface area (Å²) in [7, 11) is 3.58. The quantitative estimate of drug-likeness (QED) is 0.398. The van der Waals surface area contributed by atoms with E-state index in [1.54, 1.807) is 11.8 Å². The highest BCUT2D eigenvalue weighted by molar-refractivity contribution is 5.94. The number of para-hydroxylation sites is 2. The van der Waals surface area contributed by atoms with E-state index in [4.69, 9.17) is 9.84 Å². The van der Waals surface area contributed by atoms with Gasteiger partial charge in [0.1, 0.15) is 17.1 Å². The number of methoxy groups -OCH3 is 1. The van der Waals surface area contributed by atoms with E-state index in [1.807, 2.05) is 94.0 Å². The summed E-state index contributed by atoms with van der Waals surface area (Å²) in [6.45, 7) is 1.12. The third-order valence-corrected chi connectivity index (χ3v) is 7.19. The molecule has 0 unspecified atom stereocenters. The number of piperidine rings is 1. The molecule has 2 aromatic carbocycles. The molecule has 9 heteroatoms. The number of aryl methyl sites for hydroxylation is 1. The van der Waals surface area contributed by atoms with Gasteiger partial charge in [0.2, 0.25) is 0 Å². The normalized spacial score (nSPS) is 14.4. The Balaban J connectivity index is 1.29. The lowest BCUT2D eigenvalue weighted by Gasteiger charge is -2.32. The molecule has 1 fully saturated rings. The van der Waals surface area contributed by atoms with Crippen LogP contribution in [-0.4, -0.2) is 54.9 Å². The fourth-order valence-electron chi connectivity index (χ4n) is 5.23. The number of aromatic amines is 1. The number of amides is 1. The van der Waals surface area contributed by atoms with Gasteiger partial charge < -0.3 is 19.2 Å². The highest BCUT2D eigenvalue weighted by atomic mass is 16.5. The molecule has 188 valence electrons. The van der Waals surface area contributed by atoms with E-state index in [0.29, 0.717) is 31.6 Å².